The van der Waals surface area contributed by atoms with Crippen molar-refractivity contribution in [2.24, 2.45) is 52.3 Å². The predicted octanol–water partition coefficient (Wildman–Crippen LogP) is 8.58. The molecule has 0 amide bonds. The van der Waals surface area contributed by atoms with Gasteiger partial charge in [0.2, 0.25) is 0 Å². The van der Waals surface area contributed by atoms with E-state index in [0.29, 0.717) is 30.1 Å². The molecule has 4 aliphatic carbocycles. The van der Waals surface area contributed by atoms with E-state index < -0.39 is 18.2 Å². The molecule has 2 nitrogen and oxygen atoms in total. The maximum atomic E-state index is 12.7. The Morgan fingerprint density at radius 2 is 1.59 bits per heavy atom. The zero-order chi connectivity index (χ0) is 24.9. The van der Waals surface area contributed by atoms with Gasteiger partial charge >= 0.3 is 12.1 Å². The lowest BCUT2D eigenvalue weighted by atomic mass is 9.44. The van der Waals surface area contributed by atoms with E-state index in [-0.39, 0.29) is 5.41 Å². The minimum absolute atomic E-state index is 0.187. The Balaban J connectivity index is 1.41. The van der Waals surface area contributed by atoms with Crippen molar-refractivity contribution in [3.05, 3.63) is 0 Å². The third-order valence-electron chi connectivity index (χ3n) is 11.3. The largest absolute Gasteiger partial charge is 0.490 e. The molecule has 4 aliphatic rings. The third kappa shape index (κ3) is 4.80. The molecule has 4 rings (SSSR count). The molecule has 4 saturated carbocycles. The molecule has 196 valence electrons. The average Bonchev–Trinajstić information content (AvgIpc) is 3.10. The van der Waals surface area contributed by atoms with Crippen molar-refractivity contribution in [2.45, 2.75) is 124 Å². The number of carbonyl (C=O) groups is 1. The number of rotatable bonds is 6. The Hall–Kier alpha value is -0.740. The van der Waals surface area contributed by atoms with Crippen LogP contribution in [-0.4, -0.2) is 18.2 Å². The molecule has 9 atom stereocenters. The summed E-state index contributed by atoms with van der Waals surface area (Å²) in [5.74, 6) is 3.05. The fraction of sp³-hybridized carbons (Fsp3) is 0.966. The van der Waals surface area contributed by atoms with Crippen LogP contribution in [0.5, 0.6) is 0 Å². The summed E-state index contributed by atoms with van der Waals surface area (Å²) in [6, 6.07) is 0. The zero-order valence-electron chi connectivity index (χ0n) is 22.1. The number of ether oxygens (including phenoxy) is 1. The summed E-state index contributed by atoms with van der Waals surface area (Å²) >= 11 is 0. The maximum Gasteiger partial charge on any atom is 0.490 e. The molecule has 0 saturated heterocycles. The van der Waals surface area contributed by atoms with E-state index in [1.807, 2.05) is 0 Å². The SMILES string of the molecule is CC(C)CCC[C@@H](C)[C@@H]1CC[C@@H]2[C@@H]3CC[C@H]4C[C@H](OC(=O)C(F)(F)F)CC[C@]4(C)[C@@H]3CC[C@@]21C. The van der Waals surface area contributed by atoms with Gasteiger partial charge in [0, 0.05) is 0 Å². The summed E-state index contributed by atoms with van der Waals surface area (Å²) in [5, 5.41) is 0. The summed E-state index contributed by atoms with van der Waals surface area (Å²) in [7, 11) is 0. The van der Waals surface area contributed by atoms with Gasteiger partial charge in [-0.3, -0.25) is 0 Å². The van der Waals surface area contributed by atoms with Crippen LogP contribution in [0.3, 0.4) is 0 Å². The van der Waals surface area contributed by atoms with Crippen molar-refractivity contribution >= 4 is 5.97 Å². The van der Waals surface area contributed by atoms with Crippen molar-refractivity contribution in [1.29, 1.82) is 0 Å². The monoisotopic (exact) mass is 484 g/mol. The van der Waals surface area contributed by atoms with Gasteiger partial charge in [-0.1, -0.05) is 53.9 Å². The summed E-state index contributed by atoms with van der Waals surface area (Å²) in [6.07, 6.45) is 8.28. The van der Waals surface area contributed by atoms with Crippen molar-refractivity contribution in [1.82, 2.24) is 0 Å². The molecule has 4 fully saturated rings. The maximum absolute atomic E-state index is 12.7. The Bertz CT molecular complexity index is 733. The highest BCUT2D eigenvalue weighted by molar-refractivity contribution is 5.75. The topological polar surface area (TPSA) is 26.3 Å². The van der Waals surface area contributed by atoms with E-state index in [0.717, 1.165) is 42.4 Å². The summed E-state index contributed by atoms with van der Waals surface area (Å²) in [5.41, 5.74) is 0.646. The molecular weight excluding hydrogens is 437 g/mol. The quantitative estimate of drug-likeness (QED) is 0.353. The Morgan fingerprint density at radius 3 is 2.26 bits per heavy atom. The minimum Gasteiger partial charge on any atom is -0.456 e. The highest BCUT2D eigenvalue weighted by Crippen LogP contribution is 2.68. The molecule has 0 aromatic rings. The summed E-state index contributed by atoms with van der Waals surface area (Å²) in [4.78, 5) is 11.4. The first-order valence-electron chi connectivity index (χ1n) is 14.1. The van der Waals surface area contributed by atoms with Crippen LogP contribution in [-0.2, 0) is 9.53 Å². The summed E-state index contributed by atoms with van der Waals surface area (Å²) in [6.45, 7) is 12.2. The van der Waals surface area contributed by atoms with Crippen molar-refractivity contribution < 1.29 is 22.7 Å². The lowest BCUT2D eigenvalue weighted by Crippen LogP contribution is -2.54. The Labute approximate surface area is 205 Å². The van der Waals surface area contributed by atoms with Gasteiger partial charge in [-0.15, -0.1) is 0 Å². The lowest BCUT2D eigenvalue weighted by Gasteiger charge is -2.61. The standard InChI is InChI=1S/C29H47F3O2/c1-18(2)7-6-8-19(3)23-11-12-24-22-10-9-20-17-21(34-26(33)29(30,31)32)13-15-27(20,4)25(22)14-16-28(23,24)5/h18-25H,6-17H2,1-5H3/t19-,20+,21-,22+,23+,24-,25-,27+,28-/m1/s1. The molecule has 34 heavy (non-hydrogen) atoms. The van der Waals surface area contributed by atoms with E-state index >= 15 is 0 Å². The number of hydrogen-bond acceptors (Lipinski definition) is 2. The van der Waals surface area contributed by atoms with Crippen LogP contribution >= 0.6 is 0 Å². The number of esters is 1. The van der Waals surface area contributed by atoms with Crippen molar-refractivity contribution in [2.75, 3.05) is 0 Å². The van der Waals surface area contributed by atoms with Crippen LogP contribution in [0.4, 0.5) is 13.2 Å². The van der Waals surface area contributed by atoms with Crippen LogP contribution in [0.2, 0.25) is 0 Å². The number of hydrogen-bond donors (Lipinski definition) is 0. The van der Waals surface area contributed by atoms with Crippen LogP contribution in [0, 0.1) is 52.3 Å². The number of fused-ring (bicyclic) bond motifs is 5. The van der Waals surface area contributed by atoms with Gasteiger partial charge in [0.15, 0.2) is 0 Å². The number of alkyl halides is 3. The smallest absolute Gasteiger partial charge is 0.456 e. The van der Waals surface area contributed by atoms with Crippen LogP contribution in [0.1, 0.15) is 112 Å². The highest BCUT2D eigenvalue weighted by Gasteiger charge is 2.61. The molecule has 0 aromatic carbocycles. The normalized spacial score (nSPS) is 43.1. The van der Waals surface area contributed by atoms with Crippen molar-refractivity contribution in [3.63, 3.8) is 0 Å². The summed E-state index contributed by atoms with van der Waals surface area (Å²) < 4.78 is 43.0. The number of halogens is 3. The lowest BCUT2D eigenvalue weighted by molar-refractivity contribution is -0.210. The zero-order valence-corrected chi connectivity index (χ0v) is 22.1. The average molecular weight is 485 g/mol. The second-order valence-corrected chi connectivity index (χ2v) is 13.5. The first kappa shape index (κ1) is 26.3. The minimum atomic E-state index is -4.89. The fourth-order valence-corrected chi connectivity index (χ4v) is 9.57. The van der Waals surface area contributed by atoms with E-state index in [4.69, 9.17) is 4.74 Å². The molecule has 0 bridgehead atoms. The Morgan fingerprint density at radius 1 is 0.912 bits per heavy atom. The predicted molar refractivity (Wildman–Crippen MR) is 129 cm³/mol. The van der Waals surface area contributed by atoms with Crippen LogP contribution in [0.25, 0.3) is 0 Å². The molecule has 5 heteroatoms. The van der Waals surface area contributed by atoms with E-state index in [1.165, 1.54) is 51.4 Å². The third-order valence-corrected chi connectivity index (χ3v) is 11.3. The molecule has 0 unspecified atom stereocenters. The number of carbonyl (C=O) groups excluding carboxylic acids is 1. The van der Waals surface area contributed by atoms with E-state index in [9.17, 15) is 18.0 Å². The molecular formula is C29H47F3O2. The Kier molecular flexibility index (Phi) is 7.44. The van der Waals surface area contributed by atoms with Gasteiger partial charge in [0.05, 0.1) is 0 Å². The molecule has 0 heterocycles. The van der Waals surface area contributed by atoms with Gasteiger partial charge in [0.25, 0.3) is 0 Å². The van der Waals surface area contributed by atoms with Gasteiger partial charge < -0.3 is 4.74 Å². The first-order valence-corrected chi connectivity index (χ1v) is 14.1. The molecule has 0 N–H and O–H groups in total. The van der Waals surface area contributed by atoms with E-state index in [2.05, 4.69) is 34.6 Å². The molecule has 0 spiro atoms. The second-order valence-electron chi connectivity index (χ2n) is 13.5. The second kappa shape index (κ2) is 9.61. The molecule has 0 radical (unpaired) electrons. The van der Waals surface area contributed by atoms with Crippen molar-refractivity contribution in [3.8, 4) is 0 Å². The molecule has 0 aliphatic heterocycles. The van der Waals surface area contributed by atoms with Gasteiger partial charge in [0.1, 0.15) is 6.10 Å². The molecule has 0 aromatic heterocycles. The van der Waals surface area contributed by atoms with Crippen LogP contribution in [0.15, 0.2) is 0 Å². The van der Waals surface area contributed by atoms with Crippen LogP contribution < -0.4 is 0 Å². The fourth-order valence-electron chi connectivity index (χ4n) is 9.57. The van der Waals surface area contributed by atoms with E-state index in [1.54, 1.807) is 0 Å². The first-order chi connectivity index (χ1) is 15.9. The van der Waals surface area contributed by atoms with Gasteiger partial charge in [-0.05, 0) is 110 Å². The van der Waals surface area contributed by atoms with Gasteiger partial charge in [-0.25, -0.2) is 4.79 Å². The van der Waals surface area contributed by atoms with Gasteiger partial charge in [-0.2, -0.15) is 13.2 Å². The highest BCUT2D eigenvalue weighted by atomic mass is 19.4.